The molecule has 2 aromatic heterocycles. The highest BCUT2D eigenvalue weighted by atomic mass is 127. The number of aryl methyl sites for hydroxylation is 3. The Morgan fingerprint density at radius 1 is 1.36 bits per heavy atom. The van der Waals surface area contributed by atoms with Crippen LogP contribution in [0.5, 0.6) is 0 Å². The maximum atomic E-state index is 6.06. The van der Waals surface area contributed by atoms with Gasteiger partial charge in [0.05, 0.1) is 17.8 Å². The molecule has 0 saturated carbocycles. The molecule has 0 aliphatic heterocycles. The van der Waals surface area contributed by atoms with Gasteiger partial charge in [0, 0.05) is 52.3 Å². The van der Waals surface area contributed by atoms with Crippen LogP contribution in [0.3, 0.4) is 0 Å². The van der Waals surface area contributed by atoms with Gasteiger partial charge in [-0.05, 0) is 31.4 Å². The molecule has 0 aromatic carbocycles. The Bertz CT molecular complexity index is 678. The average molecular weight is 479 g/mol. The van der Waals surface area contributed by atoms with Crippen molar-refractivity contribution in [3.8, 4) is 0 Å². The Balaban J connectivity index is 0.00000312. The molecule has 0 atom stereocenters. The van der Waals surface area contributed by atoms with E-state index in [-0.39, 0.29) is 24.0 Å². The first-order valence-electron chi connectivity index (χ1n) is 8.27. The number of hydrogen-bond donors (Lipinski definition) is 1. The molecule has 0 aliphatic rings. The highest BCUT2D eigenvalue weighted by Gasteiger charge is 2.09. The van der Waals surface area contributed by atoms with Gasteiger partial charge in [-0.15, -0.1) is 24.0 Å². The van der Waals surface area contributed by atoms with Gasteiger partial charge in [-0.3, -0.25) is 9.67 Å². The van der Waals surface area contributed by atoms with Gasteiger partial charge in [0.25, 0.3) is 0 Å². The minimum absolute atomic E-state index is 0. The molecular formula is C17H28ClIN6. The Hall–Kier alpha value is -1.22. The Morgan fingerprint density at radius 2 is 2.12 bits per heavy atom. The monoisotopic (exact) mass is 478 g/mol. The first-order chi connectivity index (χ1) is 11.5. The molecule has 6 nitrogen and oxygen atoms in total. The van der Waals surface area contributed by atoms with E-state index in [2.05, 4.69) is 28.4 Å². The lowest BCUT2D eigenvalue weighted by Crippen LogP contribution is -2.38. The fourth-order valence-electron chi connectivity index (χ4n) is 2.58. The summed E-state index contributed by atoms with van der Waals surface area (Å²) >= 11 is 6.06. The molecular weight excluding hydrogens is 451 g/mol. The number of halogens is 2. The van der Waals surface area contributed by atoms with Crippen LogP contribution in [0, 0.1) is 0 Å². The Morgan fingerprint density at radius 3 is 2.68 bits per heavy atom. The second-order valence-electron chi connectivity index (χ2n) is 5.98. The average Bonchev–Trinajstić information content (AvgIpc) is 3.07. The third-order valence-corrected chi connectivity index (χ3v) is 4.02. The molecule has 0 fully saturated rings. The normalized spacial score (nSPS) is 11.3. The predicted molar refractivity (Wildman–Crippen MR) is 115 cm³/mol. The Kier molecular flexibility index (Phi) is 9.34. The lowest BCUT2D eigenvalue weighted by molar-refractivity contribution is 0.461. The van der Waals surface area contributed by atoms with Crippen LogP contribution in [0.1, 0.15) is 24.6 Å². The van der Waals surface area contributed by atoms with Crippen LogP contribution in [0.2, 0.25) is 5.02 Å². The van der Waals surface area contributed by atoms with E-state index in [1.807, 2.05) is 48.9 Å². The largest absolute Gasteiger partial charge is 0.357 e. The number of hydrogen-bond acceptors (Lipinski definition) is 2. The molecule has 0 spiro atoms. The molecule has 140 valence electrons. The van der Waals surface area contributed by atoms with E-state index in [1.165, 1.54) is 5.56 Å². The van der Waals surface area contributed by atoms with Crippen LogP contribution >= 0.6 is 35.6 Å². The molecule has 8 heteroatoms. The van der Waals surface area contributed by atoms with Gasteiger partial charge in [-0.2, -0.15) is 5.10 Å². The topological polar surface area (TPSA) is 50.4 Å². The highest BCUT2D eigenvalue weighted by molar-refractivity contribution is 14.0. The number of rotatable bonds is 7. The molecule has 2 aromatic rings. The molecule has 0 amide bonds. The summed E-state index contributed by atoms with van der Waals surface area (Å²) in [5, 5.41) is 8.30. The minimum Gasteiger partial charge on any atom is -0.357 e. The molecule has 0 saturated heterocycles. The number of guanidine groups is 1. The summed E-state index contributed by atoms with van der Waals surface area (Å²) in [5.41, 5.74) is 2.41. The number of nitrogens with zero attached hydrogens (tertiary/aromatic N) is 5. The van der Waals surface area contributed by atoms with Crippen molar-refractivity contribution < 1.29 is 0 Å². The fourth-order valence-corrected chi connectivity index (χ4v) is 2.85. The van der Waals surface area contributed by atoms with Crippen molar-refractivity contribution in [1.29, 1.82) is 0 Å². The van der Waals surface area contributed by atoms with E-state index in [9.17, 15) is 0 Å². The number of aliphatic imine (C=N–C) groups is 1. The van der Waals surface area contributed by atoms with Crippen molar-refractivity contribution in [3.05, 3.63) is 40.9 Å². The zero-order valence-corrected chi connectivity index (χ0v) is 18.5. The van der Waals surface area contributed by atoms with E-state index in [4.69, 9.17) is 16.6 Å². The molecule has 25 heavy (non-hydrogen) atoms. The van der Waals surface area contributed by atoms with Gasteiger partial charge < -0.3 is 14.8 Å². The maximum absolute atomic E-state index is 6.06. The van der Waals surface area contributed by atoms with E-state index in [1.54, 1.807) is 0 Å². The first-order valence-corrected chi connectivity index (χ1v) is 8.65. The lowest BCUT2D eigenvalue weighted by Gasteiger charge is -2.22. The predicted octanol–water partition coefficient (Wildman–Crippen LogP) is 3.06. The Labute approximate surface area is 172 Å². The van der Waals surface area contributed by atoms with E-state index < -0.39 is 0 Å². The molecule has 2 heterocycles. The summed E-state index contributed by atoms with van der Waals surface area (Å²) in [6, 6.07) is 1.99. The maximum Gasteiger partial charge on any atom is 0.194 e. The van der Waals surface area contributed by atoms with Crippen LogP contribution in [0.4, 0.5) is 0 Å². The molecule has 0 unspecified atom stereocenters. The van der Waals surface area contributed by atoms with E-state index >= 15 is 0 Å². The standard InChI is InChI=1S/C17H27ClN6.HI/c1-5-19-17(20-8-6-7-14-10-21-24(4)11-14)23(3)13-16-9-15(18)12-22(16)2;/h9-12H,5-8,13H2,1-4H3,(H,19,20);1H. The van der Waals surface area contributed by atoms with Crippen molar-refractivity contribution in [2.24, 2.45) is 19.1 Å². The van der Waals surface area contributed by atoms with Crippen molar-refractivity contribution in [2.75, 3.05) is 20.1 Å². The summed E-state index contributed by atoms with van der Waals surface area (Å²) in [6.45, 7) is 4.48. The van der Waals surface area contributed by atoms with Gasteiger partial charge in [-0.25, -0.2) is 0 Å². The van der Waals surface area contributed by atoms with Gasteiger partial charge in [0.1, 0.15) is 0 Å². The highest BCUT2D eigenvalue weighted by Crippen LogP contribution is 2.14. The van der Waals surface area contributed by atoms with Crippen molar-refractivity contribution in [1.82, 2.24) is 24.6 Å². The zero-order chi connectivity index (χ0) is 17.5. The molecule has 0 aliphatic carbocycles. The molecule has 0 bridgehead atoms. The van der Waals surface area contributed by atoms with Crippen molar-refractivity contribution in [3.63, 3.8) is 0 Å². The SMILES string of the molecule is CCNC(=NCCCc1cnn(C)c1)N(C)Cc1cc(Cl)cn1C.I. The first kappa shape index (κ1) is 21.8. The van der Waals surface area contributed by atoms with Crippen LogP contribution in [-0.2, 0) is 27.1 Å². The number of nitrogens with one attached hydrogen (secondary N) is 1. The van der Waals surface area contributed by atoms with E-state index in [0.29, 0.717) is 0 Å². The van der Waals surface area contributed by atoms with Crippen LogP contribution in [0.25, 0.3) is 0 Å². The molecule has 1 N–H and O–H groups in total. The molecule has 0 radical (unpaired) electrons. The third-order valence-electron chi connectivity index (χ3n) is 3.81. The summed E-state index contributed by atoms with van der Waals surface area (Å²) in [4.78, 5) is 6.85. The zero-order valence-electron chi connectivity index (χ0n) is 15.4. The number of aromatic nitrogens is 3. The summed E-state index contributed by atoms with van der Waals surface area (Å²) in [5.74, 6) is 0.918. The second-order valence-corrected chi connectivity index (χ2v) is 6.41. The van der Waals surface area contributed by atoms with Gasteiger partial charge in [0.15, 0.2) is 5.96 Å². The van der Waals surface area contributed by atoms with Crippen LogP contribution in [0.15, 0.2) is 29.6 Å². The van der Waals surface area contributed by atoms with Crippen LogP contribution in [-0.4, -0.2) is 45.3 Å². The van der Waals surface area contributed by atoms with Crippen molar-refractivity contribution in [2.45, 2.75) is 26.3 Å². The fraction of sp³-hybridized carbons (Fsp3) is 0.529. The molecule has 2 rings (SSSR count). The lowest BCUT2D eigenvalue weighted by atomic mass is 10.2. The second kappa shape index (κ2) is 10.7. The third kappa shape index (κ3) is 6.89. The van der Waals surface area contributed by atoms with Gasteiger partial charge in [0.2, 0.25) is 0 Å². The smallest absolute Gasteiger partial charge is 0.194 e. The van der Waals surface area contributed by atoms with Crippen molar-refractivity contribution >= 4 is 41.5 Å². The summed E-state index contributed by atoms with van der Waals surface area (Å²) < 4.78 is 3.88. The quantitative estimate of drug-likeness (QED) is 0.288. The van der Waals surface area contributed by atoms with Gasteiger partial charge in [-0.1, -0.05) is 11.6 Å². The summed E-state index contributed by atoms with van der Waals surface area (Å²) in [6.07, 6.45) is 7.89. The van der Waals surface area contributed by atoms with E-state index in [0.717, 1.165) is 49.2 Å². The van der Waals surface area contributed by atoms with Gasteiger partial charge >= 0.3 is 0 Å². The summed E-state index contributed by atoms with van der Waals surface area (Å²) in [7, 11) is 5.99. The van der Waals surface area contributed by atoms with Crippen LogP contribution < -0.4 is 5.32 Å². The minimum atomic E-state index is 0.